The van der Waals surface area contributed by atoms with Gasteiger partial charge in [-0.25, -0.2) is 9.18 Å². The van der Waals surface area contributed by atoms with E-state index < -0.39 is 11.8 Å². The number of nitrogens with one attached hydrogen (secondary N) is 1. The molecule has 1 aromatic carbocycles. The van der Waals surface area contributed by atoms with Crippen LogP contribution in [0.2, 0.25) is 0 Å². The van der Waals surface area contributed by atoms with Crippen molar-refractivity contribution in [3.8, 4) is 0 Å². The van der Waals surface area contributed by atoms with Crippen LogP contribution < -0.4 is 5.32 Å². The minimum atomic E-state index is -0.644. The summed E-state index contributed by atoms with van der Waals surface area (Å²) >= 11 is 0. The van der Waals surface area contributed by atoms with Gasteiger partial charge in [0.25, 0.3) is 0 Å². The summed E-state index contributed by atoms with van der Waals surface area (Å²) < 4.78 is 18.0. The Hall–Kier alpha value is -1.58. The number of esters is 1. The maximum Gasteiger partial charge on any atom is 0.340 e. The minimum absolute atomic E-state index is 0.0211. The fourth-order valence-electron chi connectivity index (χ4n) is 2.44. The zero-order valence-corrected chi connectivity index (χ0v) is 11.6. The lowest BCUT2D eigenvalue weighted by molar-refractivity contribution is 0.0595. The monoisotopic (exact) mass is 265 g/mol. The lowest BCUT2D eigenvalue weighted by Gasteiger charge is -2.39. The first-order chi connectivity index (χ1) is 9.01. The molecule has 1 aromatic rings. The molecule has 3 nitrogen and oxygen atoms in total. The number of rotatable bonds is 4. The average Bonchev–Trinajstić information content (AvgIpc) is 2.33. The topological polar surface area (TPSA) is 38.3 Å². The van der Waals surface area contributed by atoms with Crippen molar-refractivity contribution in [3.05, 3.63) is 29.6 Å². The van der Waals surface area contributed by atoms with Gasteiger partial charge in [-0.15, -0.1) is 0 Å². The van der Waals surface area contributed by atoms with Gasteiger partial charge < -0.3 is 10.1 Å². The molecule has 104 valence electrons. The molecule has 0 atom stereocenters. The zero-order valence-electron chi connectivity index (χ0n) is 11.6. The maximum atomic E-state index is 13.5. The van der Waals surface area contributed by atoms with Crippen molar-refractivity contribution in [2.24, 2.45) is 11.8 Å². The summed E-state index contributed by atoms with van der Waals surface area (Å²) in [6.45, 7) is 4.46. The molecule has 0 radical (unpaired) electrons. The van der Waals surface area contributed by atoms with Crippen molar-refractivity contribution < 1.29 is 13.9 Å². The third-order valence-corrected chi connectivity index (χ3v) is 3.86. The summed E-state index contributed by atoms with van der Waals surface area (Å²) in [4.78, 5) is 11.4. The first kappa shape index (κ1) is 13.8. The summed E-state index contributed by atoms with van der Waals surface area (Å²) in [6.07, 6.45) is 2.26. The molecule has 19 heavy (non-hydrogen) atoms. The van der Waals surface area contributed by atoms with E-state index in [1.54, 1.807) is 6.07 Å². The molecule has 0 heterocycles. The number of carbonyl (C=O) groups is 1. The molecule has 1 saturated carbocycles. The van der Waals surface area contributed by atoms with Crippen LogP contribution in [0.15, 0.2) is 18.2 Å². The van der Waals surface area contributed by atoms with E-state index in [0.29, 0.717) is 12.0 Å². The molecule has 1 aliphatic rings. The molecule has 2 rings (SSSR count). The summed E-state index contributed by atoms with van der Waals surface area (Å²) in [5.74, 6) is 0.274. The Balaban J connectivity index is 2.00. The van der Waals surface area contributed by atoms with Crippen molar-refractivity contribution in [1.29, 1.82) is 0 Å². The van der Waals surface area contributed by atoms with Gasteiger partial charge in [-0.3, -0.25) is 0 Å². The predicted molar refractivity (Wildman–Crippen MR) is 72.7 cm³/mol. The number of hydrogen-bond acceptors (Lipinski definition) is 3. The van der Waals surface area contributed by atoms with E-state index >= 15 is 0 Å². The highest BCUT2D eigenvalue weighted by Gasteiger charge is 2.31. The number of hydrogen-bond donors (Lipinski definition) is 1. The Labute approximate surface area is 113 Å². The van der Waals surface area contributed by atoms with E-state index in [2.05, 4.69) is 23.9 Å². The second-order valence-electron chi connectivity index (χ2n) is 5.50. The highest BCUT2D eigenvalue weighted by molar-refractivity contribution is 5.90. The van der Waals surface area contributed by atoms with Gasteiger partial charge >= 0.3 is 5.97 Å². The number of halogens is 1. The Morgan fingerprint density at radius 3 is 2.68 bits per heavy atom. The van der Waals surface area contributed by atoms with Gasteiger partial charge in [0.05, 0.1) is 12.7 Å². The molecular weight excluding hydrogens is 245 g/mol. The number of benzene rings is 1. The van der Waals surface area contributed by atoms with Gasteiger partial charge in [0.2, 0.25) is 0 Å². The lowest BCUT2D eigenvalue weighted by atomic mass is 9.73. The van der Waals surface area contributed by atoms with Crippen LogP contribution in [0.5, 0.6) is 0 Å². The van der Waals surface area contributed by atoms with E-state index in [0.717, 1.165) is 24.4 Å². The van der Waals surface area contributed by atoms with E-state index in [-0.39, 0.29) is 5.56 Å². The maximum absolute atomic E-state index is 13.5. The molecule has 0 aliphatic heterocycles. The van der Waals surface area contributed by atoms with Crippen molar-refractivity contribution in [2.45, 2.75) is 32.7 Å². The van der Waals surface area contributed by atoms with Gasteiger partial charge in [0, 0.05) is 11.7 Å². The van der Waals surface area contributed by atoms with Crippen LogP contribution in [0.1, 0.15) is 37.0 Å². The fraction of sp³-hybridized carbons (Fsp3) is 0.533. The molecule has 4 heteroatoms. The Bertz CT molecular complexity index is 467. The van der Waals surface area contributed by atoms with E-state index in [9.17, 15) is 9.18 Å². The predicted octanol–water partition coefficient (Wildman–Crippen LogP) is 3.46. The van der Waals surface area contributed by atoms with E-state index in [1.807, 2.05) is 0 Å². The quantitative estimate of drug-likeness (QED) is 0.847. The summed E-state index contributed by atoms with van der Waals surface area (Å²) in [5.41, 5.74) is 0.751. The molecule has 0 unspecified atom stereocenters. The van der Waals surface area contributed by atoms with Crippen LogP contribution in [0, 0.1) is 17.7 Å². The Morgan fingerprint density at radius 2 is 2.11 bits per heavy atom. The third kappa shape index (κ3) is 3.06. The number of carbonyl (C=O) groups excluding carboxylic acids is 1. The van der Waals surface area contributed by atoms with Crippen molar-refractivity contribution in [1.82, 2.24) is 0 Å². The molecule has 0 spiro atoms. The van der Waals surface area contributed by atoms with E-state index in [4.69, 9.17) is 0 Å². The number of anilines is 1. The molecule has 1 N–H and O–H groups in total. The first-order valence-electron chi connectivity index (χ1n) is 6.65. The average molecular weight is 265 g/mol. The van der Waals surface area contributed by atoms with Crippen molar-refractivity contribution in [3.63, 3.8) is 0 Å². The largest absolute Gasteiger partial charge is 0.465 e. The van der Waals surface area contributed by atoms with Gasteiger partial charge in [-0.05, 0) is 42.9 Å². The Kier molecular flexibility index (Phi) is 4.08. The smallest absolute Gasteiger partial charge is 0.340 e. The molecule has 0 amide bonds. The SMILES string of the molecule is COC(=O)c1cc(NC2CC(C(C)C)C2)ccc1F. The van der Waals surface area contributed by atoms with Crippen molar-refractivity contribution in [2.75, 3.05) is 12.4 Å². The highest BCUT2D eigenvalue weighted by atomic mass is 19.1. The Morgan fingerprint density at radius 1 is 1.42 bits per heavy atom. The molecule has 0 bridgehead atoms. The number of ether oxygens (including phenoxy) is 1. The summed E-state index contributed by atoms with van der Waals surface area (Å²) in [6, 6.07) is 4.89. The summed E-state index contributed by atoms with van der Waals surface area (Å²) in [5, 5.41) is 3.34. The van der Waals surface area contributed by atoms with Crippen LogP contribution >= 0.6 is 0 Å². The second kappa shape index (κ2) is 5.59. The van der Waals surface area contributed by atoms with E-state index in [1.165, 1.54) is 19.2 Å². The standard InChI is InChI=1S/C15H20FNO2/c1-9(2)10-6-12(7-10)17-11-4-5-14(16)13(8-11)15(18)19-3/h4-5,8-10,12,17H,6-7H2,1-3H3. The van der Waals surface area contributed by atoms with Crippen molar-refractivity contribution >= 4 is 11.7 Å². The van der Waals surface area contributed by atoms with Crippen LogP contribution in [0.3, 0.4) is 0 Å². The molecular formula is C15H20FNO2. The molecule has 1 fully saturated rings. The first-order valence-corrected chi connectivity index (χ1v) is 6.65. The summed E-state index contributed by atoms with van der Waals surface area (Å²) in [7, 11) is 1.25. The fourth-order valence-corrected chi connectivity index (χ4v) is 2.44. The third-order valence-electron chi connectivity index (χ3n) is 3.86. The van der Waals surface area contributed by atoms with Crippen LogP contribution in [-0.4, -0.2) is 19.1 Å². The minimum Gasteiger partial charge on any atom is -0.465 e. The lowest BCUT2D eigenvalue weighted by Crippen LogP contribution is -2.37. The normalized spacial score (nSPS) is 21.9. The zero-order chi connectivity index (χ0) is 14.0. The molecule has 1 aliphatic carbocycles. The van der Waals surface area contributed by atoms with Gasteiger partial charge in [0.1, 0.15) is 5.82 Å². The second-order valence-corrected chi connectivity index (χ2v) is 5.50. The van der Waals surface area contributed by atoms with Gasteiger partial charge in [-0.2, -0.15) is 0 Å². The number of methoxy groups -OCH3 is 1. The van der Waals surface area contributed by atoms with Crippen LogP contribution in [-0.2, 0) is 4.74 Å². The molecule has 0 aromatic heterocycles. The van der Waals surface area contributed by atoms with Crippen LogP contribution in [0.25, 0.3) is 0 Å². The van der Waals surface area contributed by atoms with Crippen LogP contribution in [0.4, 0.5) is 10.1 Å². The molecule has 0 saturated heterocycles. The highest BCUT2D eigenvalue weighted by Crippen LogP contribution is 2.35. The van der Waals surface area contributed by atoms with Gasteiger partial charge in [0.15, 0.2) is 0 Å². The van der Waals surface area contributed by atoms with Gasteiger partial charge in [-0.1, -0.05) is 13.8 Å².